The Hall–Kier alpha value is -2.08. The van der Waals surface area contributed by atoms with Gasteiger partial charge in [0.05, 0.1) is 0 Å². The van der Waals surface area contributed by atoms with Gasteiger partial charge < -0.3 is 20.1 Å². The summed E-state index contributed by atoms with van der Waals surface area (Å²) in [6.45, 7) is 3.20. The number of rotatable bonds is 6. The van der Waals surface area contributed by atoms with Crippen molar-refractivity contribution >= 4 is 12.0 Å². The number of nitrogens with one attached hydrogen (secondary N) is 1. The molecule has 1 unspecified atom stereocenters. The van der Waals surface area contributed by atoms with E-state index >= 15 is 0 Å². The van der Waals surface area contributed by atoms with Crippen LogP contribution < -0.4 is 5.32 Å². The van der Waals surface area contributed by atoms with Gasteiger partial charge in [-0.25, -0.2) is 4.79 Å². The quantitative estimate of drug-likeness (QED) is 0.802. The van der Waals surface area contributed by atoms with Gasteiger partial charge in [0, 0.05) is 38.8 Å². The summed E-state index contributed by atoms with van der Waals surface area (Å²) in [5, 5.41) is 12.1. The molecule has 1 aromatic rings. The maximum Gasteiger partial charge on any atom is 0.317 e. The largest absolute Gasteiger partial charge is 0.481 e. The van der Waals surface area contributed by atoms with Crippen molar-refractivity contribution in [2.75, 3.05) is 26.3 Å². The minimum absolute atomic E-state index is 0.0564. The molecule has 2 heterocycles. The number of carboxylic acid groups (broad SMARTS) is 1. The predicted octanol–water partition coefficient (Wildman–Crippen LogP) is 3.06. The first-order chi connectivity index (χ1) is 13.1. The van der Waals surface area contributed by atoms with Gasteiger partial charge in [-0.2, -0.15) is 0 Å². The van der Waals surface area contributed by atoms with Gasteiger partial charge in [0.2, 0.25) is 0 Å². The third kappa shape index (κ3) is 5.70. The number of aliphatic carboxylic acids is 1. The maximum absolute atomic E-state index is 12.8. The summed E-state index contributed by atoms with van der Waals surface area (Å²) in [6.07, 6.45) is 5.39. The highest BCUT2D eigenvalue weighted by molar-refractivity contribution is 5.75. The molecule has 0 saturated carbocycles. The van der Waals surface area contributed by atoms with E-state index in [9.17, 15) is 9.59 Å². The normalized spacial score (nSPS) is 20.2. The second kappa shape index (κ2) is 9.22. The number of amides is 2. The standard InChI is InChI=1S/C21H30N2O4/c24-19(25)7-6-18(16-17-4-2-1-3-5-17)22-20(26)23-12-8-21(9-13-23)10-14-27-15-11-21/h1-5,18H,6-16H2,(H,22,26)(H,24,25). The fourth-order valence-electron chi connectivity index (χ4n) is 4.18. The van der Waals surface area contributed by atoms with Gasteiger partial charge in [0.15, 0.2) is 0 Å². The van der Waals surface area contributed by atoms with Crippen LogP contribution in [-0.4, -0.2) is 54.4 Å². The number of carboxylic acids is 1. The van der Waals surface area contributed by atoms with Crippen molar-refractivity contribution in [3.8, 4) is 0 Å². The van der Waals surface area contributed by atoms with Crippen LogP contribution in [0.25, 0.3) is 0 Å². The molecule has 3 rings (SSSR count). The van der Waals surface area contributed by atoms with Crippen molar-refractivity contribution in [1.29, 1.82) is 0 Å². The second-order valence-corrected chi connectivity index (χ2v) is 7.87. The molecule has 0 aromatic heterocycles. The first kappa shape index (κ1) is 19.7. The SMILES string of the molecule is O=C(O)CCC(Cc1ccccc1)NC(=O)N1CCC2(CCOCC2)CC1. The molecule has 0 aliphatic carbocycles. The van der Waals surface area contributed by atoms with Crippen molar-refractivity contribution in [3.63, 3.8) is 0 Å². The molecule has 0 radical (unpaired) electrons. The number of hydrogen-bond donors (Lipinski definition) is 2. The van der Waals surface area contributed by atoms with E-state index in [1.165, 1.54) is 0 Å². The molecule has 2 amide bonds. The molecule has 1 atom stereocenters. The lowest BCUT2D eigenvalue weighted by atomic mass is 9.72. The zero-order valence-electron chi connectivity index (χ0n) is 15.9. The molecule has 2 saturated heterocycles. The molecule has 2 fully saturated rings. The predicted molar refractivity (Wildman–Crippen MR) is 103 cm³/mol. The molecule has 2 aliphatic heterocycles. The highest BCUT2D eigenvalue weighted by Crippen LogP contribution is 2.40. The van der Waals surface area contributed by atoms with Crippen LogP contribution in [0.5, 0.6) is 0 Å². The topological polar surface area (TPSA) is 78.9 Å². The first-order valence-electron chi connectivity index (χ1n) is 9.95. The van der Waals surface area contributed by atoms with Crippen molar-refractivity contribution in [3.05, 3.63) is 35.9 Å². The monoisotopic (exact) mass is 374 g/mol. The van der Waals surface area contributed by atoms with E-state index in [-0.39, 0.29) is 18.5 Å². The minimum atomic E-state index is -0.832. The Kier molecular flexibility index (Phi) is 6.72. The molecular weight excluding hydrogens is 344 g/mol. The van der Waals surface area contributed by atoms with Crippen LogP contribution >= 0.6 is 0 Å². The summed E-state index contributed by atoms with van der Waals surface area (Å²) in [7, 11) is 0. The van der Waals surface area contributed by atoms with Gasteiger partial charge in [-0.05, 0) is 49.5 Å². The van der Waals surface area contributed by atoms with Crippen molar-refractivity contribution in [2.45, 2.75) is 51.0 Å². The number of nitrogens with zero attached hydrogens (tertiary/aromatic N) is 1. The molecule has 6 nitrogen and oxygen atoms in total. The van der Waals surface area contributed by atoms with Crippen molar-refractivity contribution in [2.24, 2.45) is 5.41 Å². The number of benzene rings is 1. The molecule has 2 aliphatic rings. The average Bonchev–Trinajstić information content (AvgIpc) is 2.68. The number of carbonyl (C=O) groups excluding carboxylic acids is 1. The molecule has 148 valence electrons. The Morgan fingerprint density at radius 2 is 1.78 bits per heavy atom. The van der Waals surface area contributed by atoms with Crippen LogP contribution in [-0.2, 0) is 16.0 Å². The Bertz CT molecular complexity index is 618. The lowest BCUT2D eigenvalue weighted by Gasteiger charge is -2.44. The fourth-order valence-corrected chi connectivity index (χ4v) is 4.18. The van der Waals surface area contributed by atoms with Crippen LogP contribution in [0.4, 0.5) is 4.79 Å². The van der Waals surface area contributed by atoms with E-state index in [2.05, 4.69) is 5.32 Å². The van der Waals surface area contributed by atoms with Crippen LogP contribution in [0.1, 0.15) is 44.1 Å². The average molecular weight is 374 g/mol. The minimum Gasteiger partial charge on any atom is -0.481 e. The number of carbonyl (C=O) groups is 2. The van der Waals surface area contributed by atoms with Gasteiger partial charge in [0.1, 0.15) is 0 Å². The number of likely N-dealkylation sites (tertiary alicyclic amines) is 1. The lowest BCUT2D eigenvalue weighted by Crippen LogP contribution is -2.51. The second-order valence-electron chi connectivity index (χ2n) is 7.87. The van der Waals surface area contributed by atoms with Crippen LogP contribution in [0.15, 0.2) is 30.3 Å². The third-order valence-electron chi connectivity index (χ3n) is 6.02. The van der Waals surface area contributed by atoms with Gasteiger partial charge in [-0.15, -0.1) is 0 Å². The van der Waals surface area contributed by atoms with E-state index in [4.69, 9.17) is 9.84 Å². The highest BCUT2D eigenvalue weighted by Gasteiger charge is 2.37. The van der Waals surface area contributed by atoms with Crippen LogP contribution in [0.2, 0.25) is 0 Å². The molecular formula is C21H30N2O4. The van der Waals surface area contributed by atoms with E-state index in [0.29, 0.717) is 18.3 Å². The Labute approximate surface area is 160 Å². The summed E-state index contributed by atoms with van der Waals surface area (Å²) in [5.41, 5.74) is 1.45. The molecule has 1 aromatic carbocycles. The summed E-state index contributed by atoms with van der Waals surface area (Å²) in [6, 6.07) is 9.66. The van der Waals surface area contributed by atoms with Gasteiger partial charge in [-0.1, -0.05) is 30.3 Å². The Morgan fingerprint density at radius 1 is 1.11 bits per heavy atom. The smallest absolute Gasteiger partial charge is 0.317 e. The molecule has 6 heteroatoms. The molecule has 27 heavy (non-hydrogen) atoms. The number of ether oxygens (including phenoxy) is 1. The summed E-state index contributed by atoms with van der Waals surface area (Å²) < 4.78 is 5.49. The number of urea groups is 1. The van der Waals surface area contributed by atoms with E-state index in [1.807, 2.05) is 35.2 Å². The van der Waals surface area contributed by atoms with Crippen molar-refractivity contribution < 1.29 is 19.4 Å². The molecule has 2 N–H and O–H groups in total. The summed E-state index contributed by atoms with van der Waals surface area (Å²) in [5.74, 6) is -0.832. The third-order valence-corrected chi connectivity index (χ3v) is 6.02. The maximum atomic E-state index is 12.8. The highest BCUT2D eigenvalue weighted by atomic mass is 16.5. The van der Waals surface area contributed by atoms with E-state index in [0.717, 1.165) is 57.6 Å². The zero-order valence-corrected chi connectivity index (χ0v) is 15.9. The van der Waals surface area contributed by atoms with Crippen molar-refractivity contribution in [1.82, 2.24) is 10.2 Å². The fraction of sp³-hybridized carbons (Fsp3) is 0.619. The summed E-state index contributed by atoms with van der Waals surface area (Å²) >= 11 is 0. The number of piperidine rings is 1. The number of hydrogen-bond acceptors (Lipinski definition) is 3. The van der Waals surface area contributed by atoms with Crippen LogP contribution in [0.3, 0.4) is 0 Å². The lowest BCUT2D eigenvalue weighted by molar-refractivity contribution is -0.137. The van der Waals surface area contributed by atoms with Gasteiger partial charge >= 0.3 is 12.0 Å². The zero-order chi connectivity index (χ0) is 19.1. The van der Waals surface area contributed by atoms with Gasteiger partial charge in [-0.3, -0.25) is 4.79 Å². The van der Waals surface area contributed by atoms with Crippen LogP contribution in [0, 0.1) is 5.41 Å². The molecule has 0 bridgehead atoms. The van der Waals surface area contributed by atoms with E-state index < -0.39 is 5.97 Å². The summed E-state index contributed by atoms with van der Waals surface area (Å²) in [4.78, 5) is 25.6. The van der Waals surface area contributed by atoms with Gasteiger partial charge in [0.25, 0.3) is 0 Å². The van der Waals surface area contributed by atoms with E-state index in [1.54, 1.807) is 0 Å². The first-order valence-corrected chi connectivity index (χ1v) is 9.95. The Balaban J connectivity index is 1.54. The Morgan fingerprint density at radius 3 is 2.41 bits per heavy atom. The molecule has 1 spiro atoms.